The topological polar surface area (TPSA) is 136 Å². The van der Waals surface area contributed by atoms with Crippen molar-refractivity contribution in [3.8, 4) is 0 Å². The Morgan fingerprint density at radius 3 is 2.62 bits per heavy atom. The number of aromatic nitrogens is 1. The van der Waals surface area contributed by atoms with Gasteiger partial charge in [-0.1, -0.05) is 5.16 Å². The Bertz CT molecular complexity index is 736. The summed E-state index contributed by atoms with van der Waals surface area (Å²) < 4.78 is 4.73. The highest BCUT2D eigenvalue weighted by Crippen LogP contribution is 2.23. The number of carbonyl (C=O) groups is 2. The summed E-state index contributed by atoms with van der Waals surface area (Å²) in [5, 5.41) is 25.5. The first-order chi connectivity index (χ1) is 9.88. The number of carboxylic acids is 1. The van der Waals surface area contributed by atoms with Gasteiger partial charge in [0.25, 0.3) is 11.6 Å². The van der Waals surface area contributed by atoms with Crippen LogP contribution in [-0.2, 0) is 0 Å². The number of rotatable bonds is 4. The summed E-state index contributed by atoms with van der Waals surface area (Å²) in [5.41, 5.74) is -0.863. The van der Waals surface area contributed by atoms with Crippen LogP contribution in [0.3, 0.4) is 0 Å². The molecule has 0 radical (unpaired) electrons. The first-order valence-electron chi connectivity index (χ1n) is 5.65. The Hall–Kier alpha value is -3.23. The normalized spacial score (nSPS) is 10.1. The first kappa shape index (κ1) is 14.2. The molecule has 2 aromatic rings. The van der Waals surface area contributed by atoms with Gasteiger partial charge >= 0.3 is 5.97 Å². The second-order valence-electron chi connectivity index (χ2n) is 4.07. The highest BCUT2D eigenvalue weighted by atomic mass is 16.6. The molecule has 0 aliphatic heterocycles. The van der Waals surface area contributed by atoms with Crippen molar-refractivity contribution in [2.24, 2.45) is 0 Å². The number of amides is 1. The number of nitro benzene ring substituents is 1. The van der Waals surface area contributed by atoms with E-state index in [-0.39, 0.29) is 22.6 Å². The number of non-ortho nitro benzene ring substituents is 1. The summed E-state index contributed by atoms with van der Waals surface area (Å²) in [7, 11) is 0. The van der Waals surface area contributed by atoms with Crippen LogP contribution in [0.25, 0.3) is 0 Å². The number of benzene rings is 1. The lowest BCUT2D eigenvalue weighted by Crippen LogP contribution is -2.15. The predicted molar refractivity (Wildman–Crippen MR) is 69.2 cm³/mol. The summed E-state index contributed by atoms with van der Waals surface area (Å²) in [5.74, 6) is -1.65. The third-order valence-electron chi connectivity index (χ3n) is 2.55. The third kappa shape index (κ3) is 3.03. The lowest BCUT2D eigenvalue weighted by Gasteiger charge is -2.06. The molecule has 0 spiro atoms. The molecule has 108 valence electrons. The molecule has 0 aliphatic rings. The Morgan fingerprint density at radius 2 is 2.10 bits per heavy atom. The van der Waals surface area contributed by atoms with E-state index in [9.17, 15) is 19.7 Å². The van der Waals surface area contributed by atoms with Gasteiger partial charge < -0.3 is 14.9 Å². The first-order valence-corrected chi connectivity index (χ1v) is 5.65. The van der Waals surface area contributed by atoms with Crippen LogP contribution in [0.4, 0.5) is 11.4 Å². The van der Waals surface area contributed by atoms with Crippen molar-refractivity contribution in [1.29, 1.82) is 0 Å². The largest absolute Gasteiger partial charge is 0.478 e. The average molecular weight is 291 g/mol. The van der Waals surface area contributed by atoms with E-state index in [1.54, 1.807) is 6.92 Å². The minimum Gasteiger partial charge on any atom is -0.478 e. The number of hydrogen-bond donors (Lipinski definition) is 2. The molecule has 9 heteroatoms. The second-order valence-corrected chi connectivity index (χ2v) is 4.07. The number of nitrogens with one attached hydrogen (secondary N) is 1. The maximum absolute atomic E-state index is 11.9. The van der Waals surface area contributed by atoms with Gasteiger partial charge in [-0.15, -0.1) is 0 Å². The molecule has 0 aliphatic carbocycles. The third-order valence-corrected chi connectivity index (χ3v) is 2.55. The Morgan fingerprint density at radius 1 is 1.38 bits per heavy atom. The van der Waals surface area contributed by atoms with Gasteiger partial charge in [0.05, 0.1) is 16.2 Å². The minimum absolute atomic E-state index is 0.0599. The maximum atomic E-state index is 11.9. The fourth-order valence-electron chi connectivity index (χ4n) is 1.60. The highest BCUT2D eigenvalue weighted by molar-refractivity contribution is 6.07. The van der Waals surface area contributed by atoms with Crippen molar-refractivity contribution in [2.45, 2.75) is 6.92 Å². The van der Waals surface area contributed by atoms with Crippen LogP contribution < -0.4 is 5.32 Å². The van der Waals surface area contributed by atoms with Crippen molar-refractivity contribution >= 4 is 23.3 Å². The lowest BCUT2D eigenvalue weighted by atomic mass is 10.1. The van der Waals surface area contributed by atoms with E-state index in [2.05, 4.69) is 10.5 Å². The van der Waals surface area contributed by atoms with Crippen LogP contribution in [0.15, 0.2) is 28.8 Å². The number of anilines is 1. The van der Waals surface area contributed by atoms with Crippen LogP contribution in [0, 0.1) is 17.0 Å². The number of carbonyl (C=O) groups excluding carboxylic acids is 1. The molecule has 9 nitrogen and oxygen atoms in total. The molecular formula is C12H9N3O6. The number of nitro groups is 1. The SMILES string of the molecule is Cc1cc(C(=O)Nc2cc([N+](=O)[O-])ccc2C(=O)O)no1. The average Bonchev–Trinajstić information content (AvgIpc) is 2.85. The molecule has 0 fully saturated rings. The van der Waals surface area contributed by atoms with Crippen molar-refractivity contribution in [3.05, 3.63) is 51.4 Å². The second kappa shape index (κ2) is 5.41. The van der Waals surface area contributed by atoms with E-state index >= 15 is 0 Å². The number of aryl methyl sites for hydroxylation is 1. The van der Waals surface area contributed by atoms with E-state index in [4.69, 9.17) is 9.63 Å². The monoisotopic (exact) mass is 291 g/mol. The molecule has 1 heterocycles. The molecule has 0 bridgehead atoms. The molecule has 0 saturated carbocycles. The van der Waals surface area contributed by atoms with Crippen molar-refractivity contribution in [1.82, 2.24) is 5.16 Å². The van der Waals surface area contributed by atoms with Gasteiger partial charge in [0, 0.05) is 18.2 Å². The van der Waals surface area contributed by atoms with Crippen molar-refractivity contribution < 1.29 is 24.1 Å². The van der Waals surface area contributed by atoms with Gasteiger partial charge in [-0.05, 0) is 13.0 Å². The Kier molecular flexibility index (Phi) is 3.65. The smallest absolute Gasteiger partial charge is 0.337 e. The van der Waals surface area contributed by atoms with Crippen LogP contribution in [0.1, 0.15) is 26.6 Å². The van der Waals surface area contributed by atoms with E-state index in [1.807, 2.05) is 0 Å². The minimum atomic E-state index is -1.32. The van der Waals surface area contributed by atoms with Crippen LogP contribution >= 0.6 is 0 Å². The fourth-order valence-corrected chi connectivity index (χ4v) is 1.60. The molecule has 21 heavy (non-hydrogen) atoms. The van der Waals surface area contributed by atoms with Crippen molar-refractivity contribution in [2.75, 3.05) is 5.32 Å². The number of hydrogen-bond acceptors (Lipinski definition) is 6. The predicted octanol–water partition coefficient (Wildman–Crippen LogP) is 1.84. The lowest BCUT2D eigenvalue weighted by molar-refractivity contribution is -0.384. The van der Waals surface area contributed by atoms with E-state index < -0.39 is 16.8 Å². The standard InChI is InChI=1S/C12H9N3O6/c1-6-4-10(14-21-6)11(16)13-9-5-7(15(19)20)2-3-8(9)12(17)18/h2-5H,1H3,(H,13,16)(H,17,18). The van der Waals surface area contributed by atoms with Gasteiger partial charge in [0.1, 0.15) is 5.76 Å². The van der Waals surface area contributed by atoms with Crippen LogP contribution in [0.2, 0.25) is 0 Å². The van der Waals surface area contributed by atoms with Gasteiger partial charge in [0.2, 0.25) is 0 Å². The number of nitrogens with zero attached hydrogens (tertiary/aromatic N) is 2. The molecular weight excluding hydrogens is 282 g/mol. The summed E-state index contributed by atoms with van der Waals surface area (Å²) >= 11 is 0. The summed E-state index contributed by atoms with van der Waals surface area (Å²) in [4.78, 5) is 33.0. The molecule has 1 amide bonds. The van der Waals surface area contributed by atoms with E-state index in [0.29, 0.717) is 5.76 Å². The molecule has 0 atom stereocenters. The Labute approximate surface area is 117 Å². The van der Waals surface area contributed by atoms with E-state index in [0.717, 1.165) is 18.2 Å². The van der Waals surface area contributed by atoms with Gasteiger partial charge in [0.15, 0.2) is 5.69 Å². The van der Waals surface area contributed by atoms with Crippen LogP contribution in [0.5, 0.6) is 0 Å². The highest BCUT2D eigenvalue weighted by Gasteiger charge is 2.19. The summed E-state index contributed by atoms with van der Waals surface area (Å²) in [6.07, 6.45) is 0. The fraction of sp³-hybridized carbons (Fsp3) is 0.0833. The molecule has 2 rings (SSSR count). The zero-order valence-corrected chi connectivity index (χ0v) is 10.7. The summed E-state index contributed by atoms with van der Waals surface area (Å²) in [6, 6.07) is 4.41. The van der Waals surface area contributed by atoms with Crippen LogP contribution in [-0.4, -0.2) is 27.1 Å². The molecule has 1 aromatic carbocycles. The van der Waals surface area contributed by atoms with E-state index in [1.165, 1.54) is 6.07 Å². The molecule has 0 unspecified atom stereocenters. The van der Waals surface area contributed by atoms with Crippen molar-refractivity contribution in [3.63, 3.8) is 0 Å². The Balaban J connectivity index is 2.37. The number of carboxylic acid groups (broad SMARTS) is 1. The molecule has 0 saturated heterocycles. The zero-order chi connectivity index (χ0) is 15.6. The van der Waals surface area contributed by atoms with Gasteiger partial charge in [-0.2, -0.15) is 0 Å². The zero-order valence-electron chi connectivity index (χ0n) is 10.7. The summed E-state index contributed by atoms with van der Waals surface area (Å²) in [6.45, 7) is 1.58. The maximum Gasteiger partial charge on any atom is 0.337 e. The molecule has 2 N–H and O–H groups in total. The number of aromatic carboxylic acids is 1. The van der Waals surface area contributed by atoms with Gasteiger partial charge in [-0.3, -0.25) is 14.9 Å². The molecule has 1 aromatic heterocycles. The quantitative estimate of drug-likeness (QED) is 0.647. The van der Waals surface area contributed by atoms with Gasteiger partial charge in [-0.25, -0.2) is 4.79 Å².